The van der Waals surface area contributed by atoms with E-state index in [4.69, 9.17) is 4.74 Å². The predicted molar refractivity (Wildman–Crippen MR) is 81.9 cm³/mol. The van der Waals surface area contributed by atoms with Crippen LogP contribution in [0.4, 0.5) is 10.5 Å². The first-order valence-corrected chi connectivity index (χ1v) is 7.20. The van der Waals surface area contributed by atoms with E-state index in [1.54, 1.807) is 11.8 Å². The zero-order valence-corrected chi connectivity index (χ0v) is 13.5. The van der Waals surface area contributed by atoms with Crippen LogP contribution in [0.3, 0.4) is 0 Å². The molecule has 0 spiro atoms. The Balaban J connectivity index is 2.70. The highest BCUT2D eigenvalue weighted by Crippen LogP contribution is 2.27. The number of aryl methyl sites for hydroxylation is 1. The van der Waals surface area contributed by atoms with Gasteiger partial charge in [0.15, 0.2) is 0 Å². The molecule has 0 aliphatic heterocycles. The molecule has 20 heavy (non-hydrogen) atoms. The molecular formula is C14H19BrN2O3. The molecular weight excluding hydrogens is 324 g/mol. The summed E-state index contributed by atoms with van der Waals surface area (Å²) in [6.45, 7) is 6.26. The van der Waals surface area contributed by atoms with Gasteiger partial charge in [-0.15, -0.1) is 0 Å². The van der Waals surface area contributed by atoms with Gasteiger partial charge in [-0.1, -0.05) is 6.07 Å². The lowest BCUT2D eigenvalue weighted by molar-refractivity contribution is -0.116. The number of benzene rings is 1. The van der Waals surface area contributed by atoms with Gasteiger partial charge in [0.1, 0.15) is 0 Å². The Morgan fingerprint density at radius 2 is 2.10 bits per heavy atom. The van der Waals surface area contributed by atoms with Crippen molar-refractivity contribution >= 4 is 33.6 Å². The van der Waals surface area contributed by atoms with Gasteiger partial charge in [-0.25, -0.2) is 4.79 Å². The first-order valence-electron chi connectivity index (χ1n) is 6.40. The van der Waals surface area contributed by atoms with E-state index in [0.717, 1.165) is 15.7 Å². The number of anilines is 1. The first kappa shape index (κ1) is 16.5. The van der Waals surface area contributed by atoms with Crippen molar-refractivity contribution in [3.8, 4) is 0 Å². The predicted octanol–water partition coefficient (Wildman–Crippen LogP) is 2.86. The van der Waals surface area contributed by atoms with E-state index in [1.807, 2.05) is 25.1 Å². The Morgan fingerprint density at radius 1 is 1.40 bits per heavy atom. The van der Waals surface area contributed by atoms with E-state index >= 15 is 0 Å². The third-order valence-electron chi connectivity index (χ3n) is 2.65. The van der Waals surface area contributed by atoms with Crippen molar-refractivity contribution in [2.75, 3.05) is 24.6 Å². The molecule has 0 aliphatic rings. The summed E-state index contributed by atoms with van der Waals surface area (Å²) in [5, 5.41) is 2.60. The molecule has 0 heterocycles. The van der Waals surface area contributed by atoms with Crippen LogP contribution in [0.2, 0.25) is 0 Å². The van der Waals surface area contributed by atoms with Gasteiger partial charge in [0.2, 0.25) is 5.91 Å². The summed E-state index contributed by atoms with van der Waals surface area (Å²) in [6.07, 6.45) is -0.473. The number of hydrogen-bond acceptors (Lipinski definition) is 3. The Kier molecular flexibility index (Phi) is 6.51. The molecule has 0 atom stereocenters. The summed E-state index contributed by atoms with van der Waals surface area (Å²) in [5.74, 6) is -0.0831. The van der Waals surface area contributed by atoms with Gasteiger partial charge in [-0.3, -0.25) is 4.79 Å². The number of ether oxygens (including phenoxy) is 1. The molecule has 1 aromatic carbocycles. The summed E-state index contributed by atoms with van der Waals surface area (Å²) in [6, 6.07) is 5.77. The number of nitrogens with zero attached hydrogens (tertiary/aromatic N) is 1. The van der Waals surface area contributed by atoms with Gasteiger partial charge < -0.3 is 15.0 Å². The van der Waals surface area contributed by atoms with Crippen LogP contribution in [-0.2, 0) is 9.53 Å². The minimum atomic E-state index is -0.473. The van der Waals surface area contributed by atoms with Crippen molar-refractivity contribution in [2.24, 2.45) is 0 Å². The lowest BCUT2D eigenvalue weighted by Crippen LogP contribution is -2.38. The fourth-order valence-electron chi connectivity index (χ4n) is 1.73. The number of alkyl carbamates (subject to hydrolysis) is 1. The topological polar surface area (TPSA) is 58.6 Å². The van der Waals surface area contributed by atoms with E-state index in [-0.39, 0.29) is 5.91 Å². The molecule has 110 valence electrons. The van der Waals surface area contributed by atoms with Gasteiger partial charge in [-0.2, -0.15) is 0 Å². The number of rotatable bonds is 5. The van der Waals surface area contributed by atoms with Gasteiger partial charge in [0.25, 0.3) is 0 Å². The average Bonchev–Trinajstić information content (AvgIpc) is 2.36. The van der Waals surface area contributed by atoms with Gasteiger partial charge in [0.05, 0.1) is 12.3 Å². The standard InChI is InChI=1S/C14H19BrN2O3/c1-4-20-14(19)16-7-8-17(11(3)18)13-6-5-10(2)9-12(13)15/h5-6,9H,4,7-8H2,1-3H3,(H,16,19). The second kappa shape index (κ2) is 7.89. The molecule has 0 saturated heterocycles. The molecule has 0 unspecified atom stereocenters. The summed E-state index contributed by atoms with van der Waals surface area (Å²) in [4.78, 5) is 24.5. The molecule has 1 rings (SSSR count). The third kappa shape index (κ3) is 4.85. The monoisotopic (exact) mass is 342 g/mol. The Hall–Kier alpha value is -1.56. The fraction of sp³-hybridized carbons (Fsp3) is 0.429. The minimum absolute atomic E-state index is 0.0831. The fourth-order valence-corrected chi connectivity index (χ4v) is 2.44. The van der Waals surface area contributed by atoms with E-state index in [0.29, 0.717) is 19.7 Å². The zero-order chi connectivity index (χ0) is 15.1. The number of hydrogen-bond donors (Lipinski definition) is 1. The lowest BCUT2D eigenvalue weighted by atomic mass is 10.2. The second-order valence-corrected chi connectivity index (χ2v) is 5.13. The molecule has 5 nitrogen and oxygen atoms in total. The van der Waals surface area contributed by atoms with Crippen LogP contribution < -0.4 is 10.2 Å². The van der Waals surface area contributed by atoms with Crippen molar-refractivity contribution in [1.29, 1.82) is 0 Å². The maximum atomic E-state index is 11.7. The maximum Gasteiger partial charge on any atom is 0.407 e. The quantitative estimate of drug-likeness (QED) is 0.894. The van der Waals surface area contributed by atoms with Crippen LogP contribution in [0.25, 0.3) is 0 Å². The SMILES string of the molecule is CCOC(=O)NCCN(C(C)=O)c1ccc(C)cc1Br. The average molecular weight is 343 g/mol. The van der Waals surface area contributed by atoms with Crippen LogP contribution in [0.5, 0.6) is 0 Å². The molecule has 1 aromatic rings. The van der Waals surface area contributed by atoms with E-state index in [1.165, 1.54) is 6.92 Å². The molecule has 0 fully saturated rings. The molecule has 0 bridgehead atoms. The van der Waals surface area contributed by atoms with Crippen molar-refractivity contribution < 1.29 is 14.3 Å². The zero-order valence-electron chi connectivity index (χ0n) is 11.9. The van der Waals surface area contributed by atoms with Crippen LogP contribution in [0, 0.1) is 6.92 Å². The number of amides is 2. The molecule has 2 amide bonds. The highest BCUT2D eigenvalue weighted by molar-refractivity contribution is 9.10. The van der Waals surface area contributed by atoms with Gasteiger partial charge >= 0.3 is 6.09 Å². The summed E-state index contributed by atoms with van der Waals surface area (Å²) >= 11 is 3.46. The Morgan fingerprint density at radius 3 is 2.65 bits per heavy atom. The third-order valence-corrected chi connectivity index (χ3v) is 3.29. The van der Waals surface area contributed by atoms with E-state index < -0.39 is 6.09 Å². The van der Waals surface area contributed by atoms with Crippen LogP contribution >= 0.6 is 15.9 Å². The van der Waals surface area contributed by atoms with Crippen molar-refractivity contribution in [1.82, 2.24) is 5.32 Å². The smallest absolute Gasteiger partial charge is 0.407 e. The van der Waals surface area contributed by atoms with Crippen LogP contribution in [-0.4, -0.2) is 31.7 Å². The lowest BCUT2D eigenvalue weighted by Gasteiger charge is -2.22. The highest BCUT2D eigenvalue weighted by atomic mass is 79.9. The summed E-state index contributed by atoms with van der Waals surface area (Å²) in [7, 11) is 0. The maximum absolute atomic E-state index is 11.7. The van der Waals surface area contributed by atoms with Crippen LogP contribution in [0.15, 0.2) is 22.7 Å². The first-order chi connectivity index (χ1) is 9.45. The molecule has 0 aromatic heterocycles. The van der Waals surface area contributed by atoms with Gasteiger partial charge in [-0.05, 0) is 47.5 Å². The highest BCUT2D eigenvalue weighted by Gasteiger charge is 2.14. The Bertz CT molecular complexity index is 491. The molecule has 6 heteroatoms. The van der Waals surface area contributed by atoms with Crippen molar-refractivity contribution in [2.45, 2.75) is 20.8 Å². The van der Waals surface area contributed by atoms with Crippen molar-refractivity contribution in [3.05, 3.63) is 28.2 Å². The van der Waals surface area contributed by atoms with Crippen LogP contribution in [0.1, 0.15) is 19.4 Å². The Labute approximate surface area is 127 Å². The van der Waals surface area contributed by atoms with Crippen molar-refractivity contribution in [3.63, 3.8) is 0 Å². The van der Waals surface area contributed by atoms with Gasteiger partial charge in [0, 0.05) is 24.5 Å². The number of halogens is 1. The number of carbonyl (C=O) groups is 2. The molecule has 1 N–H and O–H groups in total. The molecule has 0 radical (unpaired) electrons. The minimum Gasteiger partial charge on any atom is -0.450 e. The molecule has 0 saturated carbocycles. The number of carbonyl (C=O) groups excluding carboxylic acids is 2. The second-order valence-electron chi connectivity index (χ2n) is 4.27. The largest absolute Gasteiger partial charge is 0.450 e. The number of nitrogens with one attached hydrogen (secondary N) is 1. The molecule has 0 aliphatic carbocycles. The van der Waals surface area contributed by atoms with E-state index in [2.05, 4.69) is 21.2 Å². The van der Waals surface area contributed by atoms with E-state index in [9.17, 15) is 9.59 Å². The normalized spacial score (nSPS) is 10.0. The summed E-state index contributed by atoms with van der Waals surface area (Å²) in [5.41, 5.74) is 1.89. The summed E-state index contributed by atoms with van der Waals surface area (Å²) < 4.78 is 5.62.